The molecule has 104 valence electrons. The Kier molecular flexibility index (Phi) is 4.68. The molecule has 0 bridgehead atoms. The van der Waals surface area contributed by atoms with Crippen molar-refractivity contribution in [3.05, 3.63) is 63.1 Å². The second kappa shape index (κ2) is 6.29. The van der Waals surface area contributed by atoms with Crippen molar-refractivity contribution in [2.45, 2.75) is 13.0 Å². The molecule has 0 saturated carbocycles. The summed E-state index contributed by atoms with van der Waals surface area (Å²) in [7, 11) is 0. The summed E-state index contributed by atoms with van der Waals surface area (Å²) in [5.74, 6) is -0.956. The van der Waals surface area contributed by atoms with Crippen LogP contribution in [0.25, 0.3) is 0 Å². The van der Waals surface area contributed by atoms with E-state index in [1.54, 1.807) is 24.3 Å². The number of rotatable bonds is 4. The van der Waals surface area contributed by atoms with E-state index in [1.165, 1.54) is 0 Å². The Morgan fingerprint density at radius 2 is 2.00 bits per heavy atom. The molecular formula is C15H13BrClNO2. The van der Waals surface area contributed by atoms with E-state index in [0.717, 1.165) is 10.0 Å². The monoisotopic (exact) mass is 353 g/mol. The normalized spacial score (nSPS) is 11.9. The van der Waals surface area contributed by atoms with Crippen LogP contribution in [0, 0.1) is 0 Å². The molecule has 0 aliphatic heterocycles. The molecular weight excluding hydrogens is 342 g/mol. The summed E-state index contributed by atoms with van der Waals surface area (Å²) in [6, 6.07) is 12.3. The van der Waals surface area contributed by atoms with Crippen molar-refractivity contribution in [1.82, 2.24) is 0 Å². The molecule has 1 atom stereocenters. The first-order valence-electron chi connectivity index (χ1n) is 6.03. The van der Waals surface area contributed by atoms with Gasteiger partial charge in [0.05, 0.1) is 11.6 Å². The minimum absolute atomic E-state index is 0.101. The fourth-order valence-corrected chi connectivity index (χ4v) is 2.80. The summed E-state index contributed by atoms with van der Waals surface area (Å²) in [5.41, 5.74) is 1.73. The SMILES string of the molecule is CC(Nc1ccccc1C(=O)O)c1ccc(Br)cc1Cl. The third-order valence-corrected chi connectivity index (χ3v) is 3.78. The average Bonchev–Trinajstić information content (AvgIpc) is 2.38. The predicted octanol–water partition coefficient (Wildman–Crippen LogP) is 4.97. The molecule has 5 heteroatoms. The lowest BCUT2D eigenvalue weighted by Gasteiger charge is -2.18. The van der Waals surface area contributed by atoms with Gasteiger partial charge in [0.1, 0.15) is 0 Å². The Hall–Kier alpha value is -1.52. The van der Waals surface area contributed by atoms with E-state index in [1.807, 2.05) is 25.1 Å². The van der Waals surface area contributed by atoms with Gasteiger partial charge >= 0.3 is 5.97 Å². The Morgan fingerprint density at radius 1 is 1.30 bits per heavy atom. The molecule has 2 N–H and O–H groups in total. The first kappa shape index (κ1) is 14.9. The van der Waals surface area contributed by atoms with Crippen LogP contribution in [0.15, 0.2) is 46.9 Å². The van der Waals surface area contributed by atoms with E-state index < -0.39 is 5.97 Å². The van der Waals surface area contributed by atoms with E-state index in [0.29, 0.717) is 10.7 Å². The number of anilines is 1. The Balaban J connectivity index is 2.28. The number of para-hydroxylation sites is 1. The summed E-state index contributed by atoms with van der Waals surface area (Å²) in [4.78, 5) is 11.2. The molecule has 0 aliphatic carbocycles. The summed E-state index contributed by atoms with van der Waals surface area (Å²) in [5, 5.41) is 13.0. The van der Waals surface area contributed by atoms with Crippen LogP contribution in [-0.4, -0.2) is 11.1 Å². The zero-order valence-electron chi connectivity index (χ0n) is 10.7. The van der Waals surface area contributed by atoms with Gasteiger partial charge in [0.25, 0.3) is 0 Å². The van der Waals surface area contributed by atoms with Gasteiger partial charge < -0.3 is 10.4 Å². The molecule has 3 nitrogen and oxygen atoms in total. The minimum Gasteiger partial charge on any atom is -0.478 e. The number of hydrogen-bond donors (Lipinski definition) is 2. The molecule has 2 aromatic rings. The fourth-order valence-electron chi connectivity index (χ4n) is 1.96. The summed E-state index contributed by atoms with van der Waals surface area (Å²) in [6.45, 7) is 1.94. The van der Waals surface area contributed by atoms with Gasteiger partial charge in [0.2, 0.25) is 0 Å². The topological polar surface area (TPSA) is 49.3 Å². The van der Waals surface area contributed by atoms with Gasteiger partial charge in [-0.3, -0.25) is 0 Å². The second-order valence-corrected chi connectivity index (χ2v) is 5.71. The molecule has 0 saturated heterocycles. The van der Waals surface area contributed by atoms with Gasteiger partial charge in [0.15, 0.2) is 0 Å². The van der Waals surface area contributed by atoms with Crippen LogP contribution in [0.4, 0.5) is 5.69 Å². The number of carboxylic acid groups (broad SMARTS) is 1. The van der Waals surface area contributed by atoms with Gasteiger partial charge in [-0.05, 0) is 36.8 Å². The van der Waals surface area contributed by atoms with Crippen LogP contribution >= 0.6 is 27.5 Å². The Morgan fingerprint density at radius 3 is 2.65 bits per heavy atom. The van der Waals surface area contributed by atoms with Gasteiger partial charge in [-0.2, -0.15) is 0 Å². The zero-order chi connectivity index (χ0) is 14.7. The summed E-state index contributed by atoms with van der Waals surface area (Å²) < 4.78 is 0.907. The van der Waals surface area contributed by atoms with Crippen LogP contribution in [0.5, 0.6) is 0 Å². The molecule has 0 aromatic heterocycles. The van der Waals surface area contributed by atoms with Crippen LogP contribution < -0.4 is 5.32 Å². The standard InChI is InChI=1S/C15H13BrClNO2/c1-9(11-7-6-10(16)8-13(11)17)18-14-5-3-2-4-12(14)15(19)20/h2-9,18H,1H3,(H,19,20). The third kappa shape index (κ3) is 3.32. The molecule has 0 fully saturated rings. The fraction of sp³-hybridized carbons (Fsp3) is 0.133. The maximum Gasteiger partial charge on any atom is 0.337 e. The maximum absolute atomic E-state index is 11.2. The molecule has 20 heavy (non-hydrogen) atoms. The number of carboxylic acids is 1. The molecule has 0 spiro atoms. The van der Waals surface area contributed by atoms with Crippen LogP contribution in [0.2, 0.25) is 5.02 Å². The molecule has 0 heterocycles. The van der Waals surface area contributed by atoms with Crippen LogP contribution in [0.3, 0.4) is 0 Å². The Labute approximate surface area is 130 Å². The van der Waals surface area contributed by atoms with E-state index in [-0.39, 0.29) is 11.6 Å². The molecule has 2 aromatic carbocycles. The lowest BCUT2D eigenvalue weighted by Crippen LogP contribution is -2.11. The second-order valence-electron chi connectivity index (χ2n) is 4.38. The van der Waals surface area contributed by atoms with Crippen molar-refractivity contribution in [2.75, 3.05) is 5.32 Å². The number of hydrogen-bond acceptors (Lipinski definition) is 2. The minimum atomic E-state index is -0.956. The highest BCUT2D eigenvalue weighted by molar-refractivity contribution is 9.10. The van der Waals surface area contributed by atoms with Gasteiger partial charge in [-0.15, -0.1) is 0 Å². The average molecular weight is 355 g/mol. The largest absolute Gasteiger partial charge is 0.478 e. The number of benzene rings is 2. The zero-order valence-corrected chi connectivity index (χ0v) is 13.1. The van der Waals surface area contributed by atoms with Crippen LogP contribution in [-0.2, 0) is 0 Å². The van der Waals surface area contributed by atoms with Crippen molar-refractivity contribution in [1.29, 1.82) is 0 Å². The first-order chi connectivity index (χ1) is 9.49. The quantitative estimate of drug-likeness (QED) is 0.814. The lowest BCUT2D eigenvalue weighted by molar-refractivity contribution is 0.0698. The van der Waals surface area contributed by atoms with E-state index in [9.17, 15) is 4.79 Å². The van der Waals surface area contributed by atoms with E-state index >= 15 is 0 Å². The van der Waals surface area contributed by atoms with Gasteiger partial charge in [0, 0.05) is 15.2 Å². The van der Waals surface area contributed by atoms with E-state index in [4.69, 9.17) is 16.7 Å². The highest BCUT2D eigenvalue weighted by Crippen LogP contribution is 2.29. The number of nitrogens with one attached hydrogen (secondary N) is 1. The highest BCUT2D eigenvalue weighted by Gasteiger charge is 2.14. The van der Waals surface area contributed by atoms with Crippen LogP contribution in [0.1, 0.15) is 28.9 Å². The number of halogens is 2. The van der Waals surface area contributed by atoms with Crippen molar-refractivity contribution in [2.24, 2.45) is 0 Å². The lowest BCUT2D eigenvalue weighted by atomic mass is 10.1. The molecule has 0 aliphatic rings. The maximum atomic E-state index is 11.2. The van der Waals surface area contributed by atoms with Crippen molar-refractivity contribution < 1.29 is 9.90 Å². The van der Waals surface area contributed by atoms with Crippen molar-refractivity contribution in [3.63, 3.8) is 0 Å². The number of carbonyl (C=O) groups is 1. The Bertz CT molecular complexity index is 646. The molecule has 2 rings (SSSR count). The van der Waals surface area contributed by atoms with Crippen molar-refractivity contribution >= 4 is 39.2 Å². The predicted molar refractivity (Wildman–Crippen MR) is 84.6 cm³/mol. The van der Waals surface area contributed by atoms with Gasteiger partial charge in [-0.25, -0.2) is 4.79 Å². The summed E-state index contributed by atoms with van der Waals surface area (Å²) >= 11 is 9.57. The third-order valence-electron chi connectivity index (χ3n) is 2.96. The molecule has 1 unspecified atom stereocenters. The smallest absolute Gasteiger partial charge is 0.337 e. The molecule has 0 amide bonds. The van der Waals surface area contributed by atoms with E-state index in [2.05, 4.69) is 21.2 Å². The van der Waals surface area contributed by atoms with Gasteiger partial charge in [-0.1, -0.05) is 45.7 Å². The summed E-state index contributed by atoms with van der Waals surface area (Å²) in [6.07, 6.45) is 0. The first-order valence-corrected chi connectivity index (χ1v) is 7.20. The number of aromatic carboxylic acids is 1. The highest BCUT2D eigenvalue weighted by atomic mass is 79.9. The van der Waals surface area contributed by atoms with Crippen molar-refractivity contribution in [3.8, 4) is 0 Å². The molecule has 0 radical (unpaired) electrons.